The first-order valence-electron chi connectivity index (χ1n) is 7.39. The van der Waals surface area contributed by atoms with E-state index in [2.05, 4.69) is 4.98 Å². The lowest BCUT2D eigenvalue weighted by molar-refractivity contribution is -0.133. The van der Waals surface area contributed by atoms with E-state index in [4.69, 9.17) is 4.42 Å². The molecule has 5 heteroatoms. The Balaban J connectivity index is 2.04. The minimum Gasteiger partial charge on any atom is -0.444 e. The highest BCUT2D eigenvalue weighted by atomic mass is 16.3. The van der Waals surface area contributed by atoms with Crippen molar-refractivity contribution in [1.82, 2.24) is 9.88 Å². The number of likely N-dealkylation sites (N-methyl/N-ethyl adjacent to an activating group) is 1. The summed E-state index contributed by atoms with van der Waals surface area (Å²) in [6.45, 7) is 6.11. The van der Waals surface area contributed by atoms with E-state index in [0.29, 0.717) is 24.7 Å². The molecule has 0 bridgehead atoms. The Morgan fingerprint density at radius 3 is 2.59 bits per heavy atom. The summed E-state index contributed by atoms with van der Waals surface area (Å²) >= 11 is 0. The summed E-state index contributed by atoms with van der Waals surface area (Å²) in [5, 5.41) is 9.86. The summed E-state index contributed by atoms with van der Waals surface area (Å²) in [6.07, 6.45) is 1.68. The SMILES string of the molecule is CCN(CC(C)(C)O)C(=O)Cc1coc(-c2ccccc2)n1. The van der Waals surface area contributed by atoms with Gasteiger partial charge in [0.2, 0.25) is 11.8 Å². The third-order valence-corrected chi connectivity index (χ3v) is 3.22. The van der Waals surface area contributed by atoms with Gasteiger partial charge >= 0.3 is 0 Å². The van der Waals surface area contributed by atoms with Gasteiger partial charge in [-0.25, -0.2) is 4.98 Å². The molecule has 2 rings (SSSR count). The maximum Gasteiger partial charge on any atom is 0.228 e. The number of hydrogen-bond donors (Lipinski definition) is 1. The molecule has 1 heterocycles. The van der Waals surface area contributed by atoms with Gasteiger partial charge in [-0.2, -0.15) is 0 Å². The van der Waals surface area contributed by atoms with Crippen LogP contribution in [0.25, 0.3) is 11.5 Å². The molecule has 1 N–H and O–H groups in total. The molecule has 0 fully saturated rings. The summed E-state index contributed by atoms with van der Waals surface area (Å²) in [5.74, 6) is 0.437. The van der Waals surface area contributed by atoms with Gasteiger partial charge in [0, 0.05) is 18.7 Å². The van der Waals surface area contributed by atoms with Crippen LogP contribution in [0.4, 0.5) is 0 Å². The molecule has 0 saturated carbocycles. The molecule has 0 aliphatic heterocycles. The van der Waals surface area contributed by atoms with Crippen LogP contribution in [0, 0.1) is 0 Å². The Hall–Kier alpha value is -2.14. The van der Waals surface area contributed by atoms with Crippen molar-refractivity contribution < 1.29 is 14.3 Å². The molecule has 1 amide bonds. The molecular weight excluding hydrogens is 280 g/mol. The molecule has 0 atom stereocenters. The van der Waals surface area contributed by atoms with Crippen molar-refractivity contribution in [3.8, 4) is 11.5 Å². The van der Waals surface area contributed by atoms with Gasteiger partial charge in [-0.15, -0.1) is 0 Å². The van der Waals surface area contributed by atoms with E-state index in [1.807, 2.05) is 37.3 Å². The summed E-state index contributed by atoms with van der Waals surface area (Å²) in [7, 11) is 0. The Morgan fingerprint density at radius 2 is 2.00 bits per heavy atom. The summed E-state index contributed by atoms with van der Waals surface area (Å²) < 4.78 is 5.43. The van der Waals surface area contributed by atoms with E-state index in [1.54, 1.807) is 18.7 Å². The molecule has 0 unspecified atom stereocenters. The second kappa shape index (κ2) is 6.75. The number of hydrogen-bond acceptors (Lipinski definition) is 4. The summed E-state index contributed by atoms with van der Waals surface area (Å²) in [5.41, 5.74) is 0.563. The number of amides is 1. The highest BCUT2D eigenvalue weighted by molar-refractivity contribution is 5.78. The fourth-order valence-electron chi connectivity index (χ4n) is 2.21. The fraction of sp³-hybridized carbons (Fsp3) is 0.412. The van der Waals surface area contributed by atoms with Gasteiger partial charge in [0.05, 0.1) is 17.7 Å². The van der Waals surface area contributed by atoms with E-state index in [9.17, 15) is 9.90 Å². The van der Waals surface area contributed by atoms with Crippen LogP contribution in [0.5, 0.6) is 0 Å². The molecular formula is C17H22N2O3. The van der Waals surface area contributed by atoms with E-state index >= 15 is 0 Å². The number of aromatic nitrogens is 1. The van der Waals surface area contributed by atoms with Crippen molar-refractivity contribution in [2.75, 3.05) is 13.1 Å². The molecule has 1 aromatic carbocycles. The fourth-order valence-corrected chi connectivity index (χ4v) is 2.21. The van der Waals surface area contributed by atoms with Gasteiger partial charge in [-0.3, -0.25) is 4.79 Å². The molecule has 22 heavy (non-hydrogen) atoms. The predicted molar refractivity (Wildman–Crippen MR) is 84.2 cm³/mol. The lowest BCUT2D eigenvalue weighted by Gasteiger charge is -2.27. The minimum absolute atomic E-state index is 0.0717. The average molecular weight is 302 g/mol. The van der Waals surface area contributed by atoms with E-state index in [0.717, 1.165) is 5.56 Å². The average Bonchev–Trinajstić information content (AvgIpc) is 2.93. The van der Waals surface area contributed by atoms with Crippen LogP contribution in [-0.4, -0.2) is 39.6 Å². The van der Waals surface area contributed by atoms with Crippen molar-refractivity contribution in [2.24, 2.45) is 0 Å². The van der Waals surface area contributed by atoms with Crippen LogP contribution in [-0.2, 0) is 11.2 Å². The largest absolute Gasteiger partial charge is 0.444 e. The first kappa shape index (κ1) is 16.2. The van der Waals surface area contributed by atoms with Crippen LogP contribution in [0.1, 0.15) is 26.5 Å². The van der Waals surface area contributed by atoms with Crippen LogP contribution in [0.2, 0.25) is 0 Å². The van der Waals surface area contributed by atoms with Crippen molar-refractivity contribution in [1.29, 1.82) is 0 Å². The van der Waals surface area contributed by atoms with Crippen molar-refractivity contribution >= 4 is 5.91 Å². The summed E-state index contributed by atoms with van der Waals surface area (Å²) in [6, 6.07) is 9.56. The second-order valence-corrected chi connectivity index (χ2v) is 5.91. The third kappa shape index (κ3) is 4.43. The lowest BCUT2D eigenvalue weighted by atomic mass is 10.1. The van der Waals surface area contributed by atoms with Gasteiger partial charge in [-0.05, 0) is 32.9 Å². The second-order valence-electron chi connectivity index (χ2n) is 5.91. The highest BCUT2D eigenvalue weighted by Crippen LogP contribution is 2.18. The molecule has 0 aliphatic rings. The smallest absolute Gasteiger partial charge is 0.228 e. The summed E-state index contributed by atoms with van der Waals surface area (Å²) in [4.78, 5) is 18.3. The number of rotatable bonds is 6. The highest BCUT2D eigenvalue weighted by Gasteiger charge is 2.22. The Kier molecular flexibility index (Phi) is 4.98. The van der Waals surface area contributed by atoms with E-state index < -0.39 is 5.60 Å². The standard InChI is InChI=1S/C17H22N2O3/c1-4-19(12-17(2,3)21)15(20)10-14-11-22-16(18-14)13-8-6-5-7-9-13/h5-9,11,21H,4,10,12H2,1-3H3. The van der Waals surface area contributed by atoms with Gasteiger partial charge in [0.15, 0.2) is 0 Å². The number of benzene rings is 1. The molecule has 5 nitrogen and oxygen atoms in total. The lowest BCUT2D eigenvalue weighted by Crippen LogP contribution is -2.42. The first-order valence-corrected chi connectivity index (χ1v) is 7.39. The quantitative estimate of drug-likeness (QED) is 0.890. The number of carbonyl (C=O) groups excluding carboxylic acids is 1. The van der Waals surface area contributed by atoms with Gasteiger partial charge in [0.25, 0.3) is 0 Å². The number of oxazole rings is 1. The third-order valence-electron chi connectivity index (χ3n) is 3.22. The maximum absolute atomic E-state index is 12.3. The monoisotopic (exact) mass is 302 g/mol. The molecule has 0 aliphatic carbocycles. The Morgan fingerprint density at radius 1 is 1.32 bits per heavy atom. The zero-order valence-electron chi connectivity index (χ0n) is 13.2. The molecule has 0 radical (unpaired) electrons. The minimum atomic E-state index is -0.912. The zero-order valence-corrected chi connectivity index (χ0v) is 13.2. The van der Waals surface area contributed by atoms with Gasteiger partial charge in [-0.1, -0.05) is 18.2 Å². The van der Waals surface area contributed by atoms with Gasteiger partial charge in [0.1, 0.15) is 6.26 Å². The molecule has 118 valence electrons. The zero-order chi connectivity index (χ0) is 16.2. The van der Waals surface area contributed by atoms with Gasteiger partial charge < -0.3 is 14.4 Å². The molecule has 1 aromatic heterocycles. The molecule has 0 saturated heterocycles. The van der Waals surface area contributed by atoms with Crippen LogP contribution in [0.15, 0.2) is 41.0 Å². The van der Waals surface area contributed by atoms with E-state index in [-0.39, 0.29) is 12.3 Å². The van der Waals surface area contributed by atoms with Crippen molar-refractivity contribution in [3.05, 3.63) is 42.3 Å². The molecule has 2 aromatic rings. The van der Waals surface area contributed by atoms with Crippen LogP contribution >= 0.6 is 0 Å². The normalized spacial score (nSPS) is 11.5. The predicted octanol–water partition coefficient (Wildman–Crippen LogP) is 2.50. The number of carbonyl (C=O) groups is 1. The van der Waals surface area contributed by atoms with E-state index in [1.165, 1.54) is 6.26 Å². The van der Waals surface area contributed by atoms with Crippen molar-refractivity contribution in [2.45, 2.75) is 32.8 Å². The molecule has 0 spiro atoms. The van der Waals surface area contributed by atoms with Crippen LogP contribution < -0.4 is 0 Å². The first-order chi connectivity index (χ1) is 10.4. The Bertz CT molecular complexity index is 614. The topological polar surface area (TPSA) is 66.6 Å². The van der Waals surface area contributed by atoms with Crippen molar-refractivity contribution in [3.63, 3.8) is 0 Å². The Labute approximate surface area is 130 Å². The van der Waals surface area contributed by atoms with Crippen LogP contribution in [0.3, 0.4) is 0 Å². The number of aliphatic hydroxyl groups is 1. The maximum atomic E-state index is 12.3. The number of nitrogens with zero attached hydrogens (tertiary/aromatic N) is 2.